The minimum absolute atomic E-state index is 0.195. The second-order valence-corrected chi connectivity index (χ2v) is 6.48. The fraction of sp³-hybridized carbons (Fsp3) is 0.176. The number of fused-ring (bicyclic) bond motifs is 1. The van der Waals surface area contributed by atoms with Crippen LogP contribution in [0.1, 0.15) is 26.3 Å². The number of carbonyl (C=O) groups excluding carboxylic acids is 2. The molecular weight excluding hydrogens is 382 g/mol. The van der Waals surface area contributed by atoms with Crippen molar-refractivity contribution in [3.05, 3.63) is 62.6 Å². The highest BCUT2D eigenvalue weighted by molar-refractivity contribution is 9.10. The highest BCUT2D eigenvalue weighted by atomic mass is 79.9. The van der Waals surface area contributed by atoms with Crippen molar-refractivity contribution in [2.24, 2.45) is 0 Å². The van der Waals surface area contributed by atoms with E-state index in [-0.39, 0.29) is 25.0 Å². The van der Waals surface area contributed by atoms with Crippen LogP contribution >= 0.6 is 27.5 Å². The van der Waals surface area contributed by atoms with Crippen LogP contribution in [0, 0.1) is 6.92 Å². The summed E-state index contributed by atoms with van der Waals surface area (Å²) in [6, 6.07) is 10.4. The maximum atomic E-state index is 12.3. The number of carbonyl (C=O) groups is 2. The smallest absolute Gasteiger partial charge is 0.261 e. The van der Waals surface area contributed by atoms with Crippen LogP contribution in [0.15, 0.2) is 40.9 Å². The minimum Gasteiger partial charge on any atom is -0.490 e. The van der Waals surface area contributed by atoms with Gasteiger partial charge in [-0.1, -0.05) is 23.7 Å². The molecule has 2 amide bonds. The van der Waals surface area contributed by atoms with Gasteiger partial charge in [0.15, 0.2) is 0 Å². The Kier molecular flexibility index (Phi) is 4.41. The molecule has 3 rings (SSSR count). The molecule has 2 aromatic rings. The summed E-state index contributed by atoms with van der Waals surface area (Å²) in [6.07, 6.45) is 0. The zero-order valence-corrected chi connectivity index (χ0v) is 14.6. The van der Waals surface area contributed by atoms with E-state index in [1.54, 1.807) is 36.4 Å². The third-order valence-electron chi connectivity index (χ3n) is 3.63. The lowest BCUT2D eigenvalue weighted by Crippen LogP contribution is -2.33. The highest BCUT2D eigenvalue weighted by Crippen LogP contribution is 2.32. The first kappa shape index (κ1) is 16.0. The molecule has 4 nitrogen and oxygen atoms in total. The molecule has 6 heteroatoms. The maximum Gasteiger partial charge on any atom is 0.261 e. The first-order valence-electron chi connectivity index (χ1n) is 7.02. The molecule has 0 spiro atoms. The van der Waals surface area contributed by atoms with Gasteiger partial charge in [0, 0.05) is 5.02 Å². The number of benzene rings is 2. The Bertz CT molecular complexity index is 748. The van der Waals surface area contributed by atoms with Crippen molar-refractivity contribution in [1.29, 1.82) is 0 Å². The highest BCUT2D eigenvalue weighted by Gasteiger charge is 2.34. The van der Waals surface area contributed by atoms with Gasteiger partial charge in [-0.25, -0.2) is 0 Å². The Labute approximate surface area is 147 Å². The van der Waals surface area contributed by atoms with Gasteiger partial charge in [0.05, 0.1) is 22.1 Å². The van der Waals surface area contributed by atoms with Gasteiger partial charge in [0.1, 0.15) is 12.4 Å². The largest absolute Gasteiger partial charge is 0.490 e. The lowest BCUT2D eigenvalue weighted by Gasteiger charge is -2.16. The average molecular weight is 395 g/mol. The second-order valence-electron chi connectivity index (χ2n) is 5.19. The SMILES string of the molecule is Cc1cc(Cl)cc(Br)c1OCCN1C(=O)c2ccccc2C1=O. The monoisotopic (exact) mass is 393 g/mol. The first-order valence-corrected chi connectivity index (χ1v) is 8.20. The number of ether oxygens (including phenoxy) is 1. The molecule has 1 aliphatic heterocycles. The summed E-state index contributed by atoms with van der Waals surface area (Å²) in [6.45, 7) is 2.29. The second kappa shape index (κ2) is 6.34. The van der Waals surface area contributed by atoms with E-state index in [0.717, 1.165) is 10.0 Å². The van der Waals surface area contributed by atoms with E-state index in [0.29, 0.717) is 21.9 Å². The van der Waals surface area contributed by atoms with Crippen LogP contribution in [-0.4, -0.2) is 29.9 Å². The molecule has 1 heterocycles. The molecule has 0 unspecified atom stereocenters. The number of nitrogens with zero attached hydrogens (tertiary/aromatic N) is 1. The maximum absolute atomic E-state index is 12.3. The number of hydrogen-bond donors (Lipinski definition) is 0. The van der Waals surface area contributed by atoms with E-state index in [2.05, 4.69) is 15.9 Å². The normalized spacial score (nSPS) is 13.4. The van der Waals surface area contributed by atoms with Crippen molar-refractivity contribution in [2.75, 3.05) is 13.2 Å². The van der Waals surface area contributed by atoms with Crippen LogP contribution in [-0.2, 0) is 0 Å². The van der Waals surface area contributed by atoms with E-state index >= 15 is 0 Å². The number of imide groups is 1. The van der Waals surface area contributed by atoms with Crippen molar-refractivity contribution in [2.45, 2.75) is 6.92 Å². The molecule has 0 saturated carbocycles. The summed E-state index contributed by atoms with van der Waals surface area (Å²) in [4.78, 5) is 25.7. The van der Waals surface area contributed by atoms with Gasteiger partial charge in [0.25, 0.3) is 11.8 Å². The summed E-state index contributed by atoms with van der Waals surface area (Å²) >= 11 is 9.37. The molecule has 0 saturated heterocycles. The predicted molar refractivity (Wildman–Crippen MR) is 91.2 cm³/mol. The standard InChI is InChI=1S/C17H13BrClNO3/c1-10-8-11(19)9-14(18)15(10)23-7-6-20-16(21)12-4-2-3-5-13(12)17(20)22/h2-5,8-9H,6-7H2,1H3. The van der Waals surface area contributed by atoms with Crippen LogP contribution in [0.5, 0.6) is 5.75 Å². The van der Waals surface area contributed by atoms with E-state index in [9.17, 15) is 9.59 Å². The van der Waals surface area contributed by atoms with Crippen LogP contribution < -0.4 is 4.74 Å². The van der Waals surface area contributed by atoms with Crippen molar-refractivity contribution >= 4 is 39.3 Å². The fourth-order valence-corrected chi connectivity index (χ4v) is 3.63. The lowest BCUT2D eigenvalue weighted by molar-refractivity contribution is 0.0631. The number of amides is 2. The molecule has 0 fully saturated rings. The van der Waals surface area contributed by atoms with E-state index in [1.807, 2.05) is 6.92 Å². The zero-order valence-electron chi connectivity index (χ0n) is 12.3. The lowest BCUT2D eigenvalue weighted by atomic mass is 10.1. The Hall–Kier alpha value is -1.85. The predicted octanol–water partition coefficient (Wildman–Crippen LogP) is 4.09. The number of aryl methyl sites for hydroxylation is 1. The van der Waals surface area contributed by atoms with Gasteiger partial charge >= 0.3 is 0 Å². The minimum atomic E-state index is -0.277. The topological polar surface area (TPSA) is 46.6 Å². The molecule has 0 aliphatic carbocycles. The van der Waals surface area contributed by atoms with Crippen LogP contribution in [0.25, 0.3) is 0 Å². The first-order chi connectivity index (χ1) is 11.0. The Balaban J connectivity index is 1.69. The Morgan fingerprint density at radius 3 is 2.30 bits per heavy atom. The molecule has 0 radical (unpaired) electrons. The summed E-state index contributed by atoms with van der Waals surface area (Å²) in [5.74, 6) is 0.105. The Morgan fingerprint density at radius 2 is 1.74 bits per heavy atom. The molecule has 0 N–H and O–H groups in total. The van der Waals surface area contributed by atoms with E-state index in [4.69, 9.17) is 16.3 Å². The Morgan fingerprint density at radius 1 is 1.13 bits per heavy atom. The quantitative estimate of drug-likeness (QED) is 0.734. The zero-order chi connectivity index (χ0) is 16.6. The third kappa shape index (κ3) is 2.99. The van der Waals surface area contributed by atoms with Gasteiger partial charge in [-0.05, 0) is 52.7 Å². The molecule has 0 aromatic heterocycles. The van der Waals surface area contributed by atoms with Gasteiger partial charge in [-0.15, -0.1) is 0 Å². The number of halogens is 2. The van der Waals surface area contributed by atoms with Gasteiger partial charge in [0.2, 0.25) is 0 Å². The van der Waals surface area contributed by atoms with Gasteiger partial charge < -0.3 is 4.74 Å². The summed E-state index contributed by atoms with van der Waals surface area (Å²) in [5, 5.41) is 0.613. The molecule has 118 valence electrons. The summed E-state index contributed by atoms with van der Waals surface area (Å²) < 4.78 is 6.47. The molecule has 2 aromatic carbocycles. The number of hydrogen-bond acceptors (Lipinski definition) is 3. The van der Waals surface area contributed by atoms with Crippen molar-refractivity contribution in [3.63, 3.8) is 0 Å². The summed E-state index contributed by atoms with van der Waals surface area (Å²) in [7, 11) is 0. The fourth-order valence-electron chi connectivity index (χ4n) is 2.55. The van der Waals surface area contributed by atoms with Crippen molar-refractivity contribution in [1.82, 2.24) is 4.90 Å². The average Bonchev–Trinajstić information content (AvgIpc) is 2.75. The third-order valence-corrected chi connectivity index (χ3v) is 4.44. The van der Waals surface area contributed by atoms with E-state index in [1.165, 1.54) is 4.90 Å². The van der Waals surface area contributed by atoms with Crippen molar-refractivity contribution in [3.8, 4) is 5.75 Å². The molecule has 0 atom stereocenters. The van der Waals surface area contributed by atoms with Gasteiger partial charge in [-0.3, -0.25) is 14.5 Å². The molecule has 0 bridgehead atoms. The number of rotatable bonds is 4. The van der Waals surface area contributed by atoms with E-state index < -0.39 is 0 Å². The van der Waals surface area contributed by atoms with Crippen LogP contribution in [0.3, 0.4) is 0 Å². The van der Waals surface area contributed by atoms with Crippen LogP contribution in [0.4, 0.5) is 0 Å². The van der Waals surface area contributed by atoms with Gasteiger partial charge in [-0.2, -0.15) is 0 Å². The van der Waals surface area contributed by atoms with Crippen molar-refractivity contribution < 1.29 is 14.3 Å². The summed E-state index contributed by atoms with van der Waals surface area (Å²) in [5.41, 5.74) is 1.77. The van der Waals surface area contributed by atoms with Crippen LogP contribution in [0.2, 0.25) is 5.02 Å². The molecular formula is C17H13BrClNO3. The molecule has 23 heavy (non-hydrogen) atoms. The molecule has 1 aliphatic rings.